The average molecular weight is 261 g/mol. The summed E-state index contributed by atoms with van der Waals surface area (Å²) < 4.78 is 0. The van der Waals surface area contributed by atoms with Crippen molar-refractivity contribution < 1.29 is 0 Å². The van der Waals surface area contributed by atoms with Gasteiger partial charge in [0.1, 0.15) is 16.1 Å². The first-order chi connectivity index (χ1) is 7.51. The minimum atomic E-state index is 0.246. The summed E-state index contributed by atoms with van der Waals surface area (Å²) in [5.74, 6) is 1.36. The van der Waals surface area contributed by atoms with Crippen LogP contribution in [0.1, 0.15) is 63.8 Å². The van der Waals surface area contributed by atoms with Gasteiger partial charge < -0.3 is 0 Å². The Morgan fingerprint density at radius 3 is 1.75 bits per heavy atom. The average Bonchev–Trinajstić information content (AvgIpc) is 2.17. The van der Waals surface area contributed by atoms with E-state index < -0.39 is 0 Å². The van der Waals surface area contributed by atoms with Gasteiger partial charge in [-0.15, -0.1) is 0 Å². The minimum Gasteiger partial charge on any atom is -0.221 e. The lowest BCUT2D eigenvalue weighted by Crippen LogP contribution is -2.06. The molecule has 0 aliphatic carbocycles. The van der Waals surface area contributed by atoms with Crippen molar-refractivity contribution in [1.29, 1.82) is 0 Å². The molecule has 1 rings (SSSR count). The Morgan fingerprint density at radius 2 is 1.44 bits per heavy atom. The maximum atomic E-state index is 6.15. The fourth-order valence-electron chi connectivity index (χ4n) is 1.74. The molecular formula is C12H18Cl2N2. The fraction of sp³-hybridized carbons (Fsp3) is 0.667. The molecule has 16 heavy (non-hydrogen) atoms. The molecule has 1 aromatic heterocycles. The zero-order valence-electron chi connectivity index (χ0n) is 10.2. The molecule has 90 valence electrons. The molecule has 0 unspecified atom stereocenters. The number of hydrogen-bond acceptors (Lipinski definition) is 2. The van der Waals surface area contributed by atoms with Crippen molar-refractivity contribution in [1.82, 2.24) is 9.97 Å². The highest BCUT2D eigenvalue weighted by Crippen LogP contribution is 2.31. The van der Waals surface area contributed by atoms with E-state index in [9.17, 15) is 0 Å². The van der Waals surface area contributed by atoms with Crippen molar-refractivity contribution in [3.8, 4) is 0 Å². The van der Waals surface area contributed by atoms with E-state index in [0.717, 1.165) is 24.2 Å². The Balaban J connectivity index is 3.18. The predicted octanol–water partition coefficient (Wildman–Crippen LogP) is 4.81. The molecule has 0 N–H and O–H groups in total. The van der Waals surface area contributed by atoms with Crippen LogP contribution in [-0.4, -0.2) is 9.97 Å². The Morgan fingerprint density at radius 1 is 1.00 bits per heavy atom. The van der Waals surface area contributed by atoms with Gasteiger partial charge in [-0.3, -0.25) is 0 Å². The lowest BCUT2D eigenvalue weighted by molar-refractivity contribution is 0.599. The van der Waals surface area contributed by atoms with E-state index in [4.69, 9.17) is 23.2 Å². The summed E-state index contributed by atoms with van der Waals surface area (Å²) in [4.78, 5) is 8.73. The van der Waals surface area contributed by atoms with Gasteiger partial charge in [0.05, 0.1) is 0 Å². The van der Waals surface area contributed by atoms with Crippen LogP contribution >= 0.6 is 23.2 Å². The monoisotopic (exact) mass is 260 g/mol. The number of rotatable bonds is 4. The first kappa shape index (κ1) is 13.7. The van der Waals surface area contributed by atoms with E-state index in [0.29, 0.717) is 16.2 Å². The van der Waals surface area contributed by atoms with Gasteiger partial charge in [0, 0.05) is 11.5 Å². The fourth-order valence-corrected chi connectivity index (χ4v) is 2.58. The summed E-state index contributed by atoms with van der Waals surface area (Å²) in [6.45, 7) is 8.31. The summed E-state index contributed by atoms with van der Waals surface area (Å²) in [5.41, 5.74) is 0.845. The Kier molecular flexibility index (Phi) is 5.00. The summed E-state index contributed by atoms with van der Waals surface area (Å²) in [6.07, 6.45) is 2.01. The third-order valence-corrected chi connectivity index (χ3v) is 3.37. The Bertz CT molecular complexity index is 337. The van der Waals surface area contributed by atoms with Gasteiger partial charge in [-0.05, 0) is 18.8 Å². The van der Waals surface area contributed by atoms with Crippen molar-refractivity contribution in [2.75, 3.05) is 0 Å². The zero-order valence-corrected chi connectivity index (χ0v) is 11.7. The smallest absolute Gasteiger partial charge is 0.137 e. The molecule has 1 aromatic rings. The van der Waals surface area contributed by atoms with Crippen LogP contribution in [0, 0.1) is 0 Å². The highest BCUT2D eigenvalue weighted by Gasteiger charge is 2.18. The van der Waals surface area contributed by atoms with Gasteiger partial charge >= 0.3 is 0 Å². The van der Waals surface area contributed by atoms with Crippen molar-refractivity contribution in [2.24, 2.45) is 0 Å². The SMILES string of the molecule is CCC(CC)c1nc(Cl)c(C(C)C)c(Cl)n1. The van der Waals surface area contributed by atoms with Gasteiger partial charge in [-0.1, -0.05) is 50.9 Å². The van der Waals surface area contributed by atoms with E-state index in [-0.39, 0.29) is 5.92 Å². The van der Waals surface area contributed by atoms with E-state index >= 15 is 0 Å². The molecule has 0 radical (unpaired) electrons. The molecule has 0 aliphatic rings. The second-order valence-electron chi connectivity index (χ2n) is 4.25. The second-order valence-corrected chi connectivity index (χ2v) is 4.96. The maximum Gasteiger partial charge on any atom is 0.137 e. The molecule has 0 aromatic carbocycles. The van der Waals surface area contributed by atoms with Crippen molar-refractivity contribution >= 4 is 23.2 Å². The lowest BCUT2D eigenvalue weighted by atomic mass is 10.0. The minimum absolute atomic E-state index is 0.246. The van der Waals surface area contributed by atoms with Gasteiger partial charge in [-0.2, -0.15) is 0 Å². The molecule has 0 atom stereocenters. The molecule has 2 nitrogen and oxygen atoms in total. The van der Waals surface area contributed by atoms with E-state index in [1.165, 1.54) is 0 Å². The summed E-state index contributed by atoms with van der Waals surface area (Å²) in [7, 11) is 0. The van der Waals surface area contributed by atoms with Crippen LogP contribution in [0.4, 0.5) is 0 Å². The highest BCUT2D eigenvalue weighted by atomic mass is 35.5. The largest absolute Gasteiger partial charge is 0.221 e. The van der Waals surface area contributed by atoms with Crippen LogP contribution in [0.2, 0.25) is 10.3 Å². The predicted molar refractivity (Wildman–Crippen MR) is 69.5 cm³/mol. The lowest BCUT2D eigenvalue weighted by Gasteiger charge is -2.15. The van der Waals surface area contributed by atoms with Crippen LogP contribution in [-0.2, 0) is 0 Å². The molecule has 0 fully saturated rings. The zero-order chi connectivity index (χ0) is 12.3. The second kappa shape index (κ2) is 5.83. The van der Waals surface area contributed by atoms with Gasteiger partial charge in [0.2, 0.25) is 0 Å². The quantitative estimate of drug-likeness (QED) is 0.727. The number of hydrogen-bond donors (Lipinski definition) is 0. The third kappa shape index (κ3) is 2.86. The number of nitrogens with zero attached hydrogens (tertiary/aromatic N) is 2. The first-order valence-electron chi connectivity index (χ1n) is 5.74. The van der Waals surface area contributed by atoms with Crippen LogP contribution in [0.15, 0.2) is 0 Å². The molecule has 0 saturated heterocycles. The molecule has 4 heteroatoms. The first-order valence-corrected chi connectivity index (χ1v) is 6.49. The van der Waals surface area contributed by atoms with E-state index in [2.05, 4.69) is 23.8 Å². The number of halogens is 2. The third-order valence-electron chi connectivity index (χ3n) is 2.80. The number of aromatic nitrogens is 2. The van der Waals surface area contributed by atoms with Gasteiger partial charge in [0.15, 0.2) is 0 Å². The summed E-state index contributed by atoms with van der Waals surface area (Å²) in [5, 5.41) is 0.994. The van der Waals surface area contributed by atoms with Crippen LogP contribution in [0.3, 0.4) is 0 Å². The van der Waals surface area contributed by atoms with Crippen LogP contribution in [0.5, 0.6) is 0 Å². The molecule has 0 aliphatic heterocycles. The molecular weight excluding hydrogens is 243 g/mol. The van der Waals surface area contributed by atoms with Gasteiger partial charge in [0.25, 0.3) is 0 Å². The normalized spacial score (nSPS) is 11.5. The summed E-state index contributed by atoms with van der Waals surface area (Å²) >= 11 is 12.3. The Hall–Kier alpha value is -0.340. The highest BCUT2D eigenvalue weighted by molar-refractivity contribution is 6.34. The summed E-state index contributed by atoms with van der Waals surface area (Å²) in [6, 6.07) is 0. The van der Waals surface area contributed by atoms with E-state index in [1.54, 1.807) is 0 Å². The van der Waals surface area contributed by atoms with Crippen LogP contribution < -0.4 is 0 Å². The van der Waals surface area contributed by atoms with Crippen molar-refractivity contribution in [2.45, 2.75) is 52.4 Å². The van der Waals surface area contributed by atoms with Gasteiger partial charge in [-0.25, -0.2) is 9.97 Å². The molecule has 0 spiro atoms. The molecule has 0 bridgehead atoms. The van der Waals surface area contributed by atoms with Crippen LogP contribution in [0.25, 0.3) is 0 Å². The topological polar surface area (TPSA) is 25.8 Å². The van der Waals surface area contributed by atoms with Crippen molar-refractivity contribution in [3.63, 3.8) is 0 Å². The standard InChI is InChI=1S/C12H18Cl2N2/c1-5-8(6-2)12-15-10(13)9(7(3)4)11(14)16-12/h7-8H,5-6H2,1-4H3. The molecule has 0 saturated carbocycles. The maximum absolute atomic E-state index is 6.15. The molecule has 1 heterocycles. The Labute approximate surface area is 107 Å². The van der Waals surface area contributed by atoms with E-state index in [1.807, 2.05) is 13.8 Å². The molecule has 0 amide bonds. The van der Waals surface area contributed by atoms with Crippen molar-refractivity contribution in [3.05, 3.63) is 21.7 Å².